The van der Waals surface area contributed by atoms with Crippen LogP contribution in [0.2, 0.25) is 0 Å². The van der Waals surface area contributed by atoms with Crippen LogP contribution >= 0.6 is 0 Å². The Bertz CT molecular complexity index is 720. The third-order valence-electron chi connectivity index (χ3n) is 5.09. The first-order valence-electron chi connectivity index (χ1n) is 8.40. The molecule has 2 aromatic rings. The van der Waals surface area contributed by atoms with Crippen molar-refractivity contribution in [3.8, 4) is 0 Å². The Labute approximate surface area is 141 Å². The number of carboxylic acids is 1. The van der Waals surface area contributed by atoms with Crippen LogP contribution in [0.3, 0.4) is 0 Å². The molecule has 0 radical (unpaired) electrons. The van der Waals surface area contributed by atoms with Gasteiger partial charge in [-0.2, -0.15) is 0 Å². The Morgan fingerprint density at radius 3 is 2.38 bits per heavy atom. The molecule has 1 N–H and O–H groups in total. The Balaban J connectivity index is 1.39. The maximum absolute atomic E-state index is 11.1. The van der Waals surface area contributed by atoms with E-state index in [2.05, 4.69) is 45.1 Å². The highest BCUT2D eigenvalue weighted by Crippen LogP contribution is 2.33. The second-order valence-electron chi connectivity index (χ2n) is 6.79. The minimum atomic E-state index is -0.967. The number of nitrogens with zero attached hydrogens (tertiary/aromatic N) is 3. The highest BCUT2D eigenvalue weighted by Gasteiger charge is 2.40. The number of pyridine rings is 1. The van der Waals surface area contributed by atoms with E-state index in [9.17, 15) is 4.79 Å². The van der Waals surface area contributed by atoms with Crippen molar-refractivity contribution in [2.24, 2.45) is 11.8 Å². The summed E-state index contributed by atoms with van der Waals surface area (Å²) >= 11 is 0. The zero-order chi connectivity index (χ0) is 16.5. The molecule has 2 saturated heterocycles. The summed E-state index contributed by atoms with van der Waals surface area (Å²) in [4.78, 5) is 20.1. The minimum Gasteiger partial charge on any atom is -0.477 e. The molecule has 0 amide bonds. The topological polar surface area (TPSA) is 56.7 Å². The maximum Gasteiger partial charge on any atom is 0.354 e. The molecule has 0 saturated carbocycles. The first kappa shape index (κ1) is 15.1. The van der Waals surface area contributed by atoms with Gasteiger partial charge >= 0.3 is 5.97 Å². The molecular weight excluding hydrogens is 302 g/mol. The molecule has 4 rings (SSSR count). The second-order valence-corrected chi connectivity index (χ2v) is 6.79. The predicted molar refractivity (Wildman–Crippen MR) is 92.1 cm³/mol. The van der Waals surface area contributed by atoms with E-state index in [1.165, 1.54) is 5.56 Å². The second kappa shape index (κ2) is 6.24. The van der Waals surface area contributed by atoms with Crippen molar-refractivity contribution in [2.45, 2.75) is 6.54 Å². The Morgan fingerprint density at radius 1 is 1.00 bits per heavy atom. The minimum absolute atomic E-state index is 0.121. The van der Waals surface area contributed by atoms with Gasteiger partial charge in [-0.25, -0.2) is 9.78 Å². The van der Waals surface area contributed by atoms with Gasteiger partial charge in [0, 0.05) is 32.7 Å². The van der Waals surface area contributed by atoms with Crippen LogP contribution in [-0.2, 0) is 6.54 Å². The molecule has 124 valence electrons. The van der Waals surface area contributed by atoms with Gasteiger partial charge in [-0.05, 0) is 29.5 Å². The zero-order valence-electron chi connectivity index (χ0n) is 13.5. The van der Waals surface area contributed by atoms with Crippen LogP contribution in [0.25, 0.3) is 0 Å². The number of hydrogen-bond donors (Lipinski definition) is 1. The van der Waals surface area contributed by atoms with E-state index in [-0.39, 0.29) is 5.69 Å². The van der Waals surface area contributed by atoms with Gasteiger partial charge in [0.25, 0.3) is 0 Å². The molecule has 24 heavy (non-hydrogen) atoms. The van der Waals surface area contributed by atoms with E-state index in [0.717, 1.165) is 38.5 Å². The number of hydrogen-bond acceptors (Lipinski definition) is 4. The van der Waals surface area contributed by atoms with Crippen molar-refractivity contribution in [1.29, 1.82) is 0 Å². The normalized spacial score (nSPS) is 23.4. The summed E-state index contributed by atoms with van der Waals surface area (Å²) in [5, 5.41) is 9.10. The molecular formula is C19H21N3O2. The first-order valence-corrected chi connectivity index (χ1v) is 8.40. The van der Waals surface area contributed by atoms with Gasteiger partial charge in [-0.15, -0.1) is 0 Å². The van der Waals surface area contributed by atoms with Crippen molar-refractivity contribution in [2.75, 3.05) is 31.1 Å². The third kappa shape index (κ3) is 2.99. The Kier molecular flexibility index (Phi) is 3.94. The van der Waals surface area contributed by atoms with Crippen LogP contribution < -0.4 is 4.90 Å². The van der Waals surface area contributed by atoms with Gasteiger partial charge in [0.15, 0.2) is 5.69 Å². The quantitative estimate of drug-likeness (QED) is 0.936. The summed E-state index contributed by atoms with van der Waals surface area (Å²) in [6.07, 6.45) is 0. The van der Waals surface area contributed by atoms with Crippen LogP contribution in [0.1, 0.15) is 16.1 Å². The molecule has 0 bridgehead atoms. The summed E-state index contributed by atoms with van der Waals surface area (Å²) in [6, 6.07) is 15.8. The number of likely N-dealkylation sites (tertiary alicyclic amines) is 1. The number of anilines is 1. The number of carbonyl (C=O) groups is 1. The molecule has 0 spiro atoms. The van der Waals surface area contributed by atoms with E-state index in [1.54, 1.807) is 12.1 Å². The van der Waals surface area contributed by atoms with Crippen molar-refractivity contribution < 1.29 is 9.90 Å². The van der Waals surface area contributed by atoms with E-state index >= 15 is 0 Å². The summed E-state index contributed by atoms with van der Waals surface area (Å²) < 4.78 is 0. The first-order chi connectivity index (χ1) is 11.7. The predicted octanol–water partition coefficient (Wildman–Crippen LogP) is 2.35. The largest absolute Gasteiger partial charge is 0.477 e. The summed E-state index contributed by atoms with van der Waals surface area (Å²) in [6.45, 7) is 5.15. The van der Waals surface area contributed by atoms with Gasteiger partial charge in [0.2, 0.25) is 0 Å². The SMILES string of the molecule is O=C(O)c1cccc(N2C[C@H]3CN(Cc4ccccc4)C[C@H]3C2)n1. The van der Waals surface area contributed by atoms with Crippen LogP contribution in [-0.4, -0.2) is 47.1 Å². The van der Waals surface area contributed by atoms with Crippen LogP contribution in [0.4, 0.5) is 5.82 Å². The lowest BCUT2D eigenvalue weighted by atomic mass is 10.0. The average Bonchev–Trinajstić information content (AvgIpc) is 3.14. The third-order valence-corrected chi connectivity index (χ3v) is 5.09. The van der Waals surface area contributed by atoms with Crippen molar-refractivity contribution in [3.05, 3.63) is 59.8 Å². The van der Waals surface area contributed by atoms with Crippen molar-refractivity contribution in [3.63, 3.8) is 0 Å². The highest BCUT2D eigenvalue weighted by molar-refractivity contribution is 5.85. The lowest BCUT2D eigenvalue weighted by Crippen LogP contribution is -2.29. The fourth-order valence-electron chi connectivity index (χ4n) is 3.97. The molecule has 3 heterocycles. The summed E-state index contributed by atoms with van der Waals surface area (Å²) in [7, 11) is 0. The molecule has 1 aromatic heterocycles. The number of rotatable bonds is 4. The molecule has 2 atom stereocenters. The molecule has 2 aliphatic rings. The highest BCUT2D eigenvalue weighted by atomic mass is 16.4. The van der Waals surface area contributed by atoms with Crippen LogP contribution in [0.5, 0.6) is 0 Å². The molecule has 2 fully saturated rings. The fourth-order valence-corrected chi connectivity index (χ4v) is 3.97. The molecule has 5 heteroatoms. The Hall–Kier alpha value is -2.40. The number of fused-ring (bicyclic) bond motifs is 1. The number of aromatic nitrogens is 1. The summed E-state index contributed by atoms with van der Waals surface area (Å²) in [5.74, 6) is 1.11. The number of aromatic carboxylic acids is 1. The molecule has 1 aromatic carbocycles. The van der Waals surface area contributed by atoms with Gasteiger partial charge < -0.3 is 10.0 Å². The van der Waals surface area contributed by atoms with E-state index in [4.69, 9.17) is 5.11 Å². The van der Waals surface area contributed by atoms with Crippen molar-refractivity contribution in [1.82, 2.24) is 9.88 Å². The fraction of sp³-hybridized carbons (Fsp3) is 0.368. The van der Waals surface area contributed by atoms with Gasteiger partial charge in [0.05, 0.1) is 0 Å². The van der Waals surface area contributed by atoms with Gasteiger partial charge in [-0.3, -0.25) is 4.90 Å². The van der Waals surface area contributed by atoms with Crippen LogP contribution in [0.15, 0.2) is 48.5 Å². The zero-order valence-corrected chi connectivity index (χ0v) is 13.5. The smallest absolute Gasteiger partial charge is 0.354 e. The monoisotopic (exact) mass is 323 g/mol. The van der Waals surface area contributed by atoms with Crippen LogP contribution in [0, 0.1) is 11.8 Å². The van der Waals surface area contributed by atoms with E-state index in [0.29, 0.717) is 11.8 Å². The van der Waals surface area contributed by atoms with E-state index < -0.39 is 5.97 Å². The molecule has 5 nitrogen and oxygen atoms in total. The van der Waals surface area contributed by atoms with Crippen molar-refractivity contribution >= 4 is 11.8 Å². The maximum atomic E-state index is 11.1. The summed E-state index contributed by atoms with van der Waals surface area (Å²) in [5.41, 5.74) is 1.49. The molecule has 2 aliphatic heterocycles. The standard InChI is InChI=1S/C19H21N3O2/c23-19(24)17-7-4-8-18(20-17)22-12-15-10-21(11-16(15)13-22)9-14-5-2-1-3-6-14/h1-8,15-16H,9-13H2,(H,23,24)/t15-,16+. The average molecular weight is 323 g/mol. The Morgan fingerprint density at radius 2 is 1.71 bits per heavy atom. The molecule has 0 aliphatic carbocycles. The molecule has 0 unspecified atom stereocenters. The van der Waals surface area contributed by atoms with Gasteiger partial charge in [-0.1, -0.05) is 36.4 Å². The number of benzene rings is 1. The van der Waals surface area contributed by atoms with Gasteiger partial charge in [0.1, 0.15) is 5.82 Å². The number of carboxylic acid groups (broad SMARTS) is 1. The van der Waals surface area contributed by atoms with E-state index in [1.807, 2.05) is 6.07 Å². The lowest BCUT2D eigenvalue weighted by Gasteiger charge is -2.22. The lowest BCUT2D eigenvalue weighted by molar-refractivity contribution is 0.0690.